The summed E-state index contributed by atoms with van der Waals surface area (Å²) in [7, 11) is -3.67. The average Bonchev–Trinajstić information content (AvgIpc) is 3.32. The molecule has 2 heterocycles. The van der Waals surface area contributed by atoms with Gasteiger partial charge in [-0.1, -0.05) is 41.4 Å². The van der Waals surface area contributed by atoms with Gasteiger partial charge >= 0.3 is 0 Å². The third-order valence-electron chi connectivity index (χ3n) is 5.60. The standard InChI is InChI=1S/C21H19ClFN3O.CH4O3S/c22-15-10-13(14-6-2-3-7-16(14)23)11-17-19(15)25-20(24-17)18-12-21(27-26-18)8-4-1-5-9-21;1-5(2,3)4/h2-3,6-7,10-11H,1,4-5,8-9,12H2,(H,24,25);1H3,(H,2,3,4). The summed E-state index contributed by atoms with van der Waals surface area (Å²) in [5.41, 5.74) is 3.34. The molecule has 5 rings (SSSR count). The van der Waals surface area contributed by atoms with Gasteiger partial charge in [0.1, 0.15) is 22.6 Å². The van der Waals surface area contributed by atoms with Gasteiger partial charge in [0.05, 0.1) is 16.8 Å². The van der Waals surface area contributed by atoms with E-state index in [1.54, 1.807) is 18.2 Å². The molecule has 32 heavy (non-hydrogen) atoms. The van der Waals surface area contributed by atoms with E-state index in [-0.39, 0.29) is 11.4 Å². The topological polar surface area (TPSA) is 105 Å². The van der Waals surface area contributed by atoms with E-state index in [0.29, 0.717) is 33.7 Å². The summed E-state index contributed by atoms with van der Waals surface area (Å²) >= 11 is 6.45. The normalized spacial score (nSPS) is 17.6. The van der Waals surface area contributed by atoms with Crippen LogP contribution in [-0.4, -0.2) is 40.5 Å². The first-order chi connectivity index (χ1) is 15.1. The van der Waals surface area contributed by atoms with E-state index in [2.05, 4.69) is 15.1 Å². The van der Waals surface area contributed by atoms with Crippen LogP contribution in [-0.2, 0) is 15.0 Å². The number of imidazole rings is 1. The number of H-pyrrole nitrogens is 1. The highest BCUT2D eigenvalue weighted by molar-refractivity contribution is 7.85. The van der Waals surface area contributed by atoms with Crippen molar-refractivity contribution in [3.63, 3.8) is 0 Å². The fraction of sp³-hybridized carbons (Fsp3) is 0.364. The van der Waals surface area contributed by atoms with E-state index < -0.39 is 10.1 Å². The third-order valence-corrected chi connectivity index (χ3v) is 5.89. The smallest absolute Gasteiger partial charge is 0.261 e. The lowest BCUT2D eigenvalue weighted by Gasteiger charge is -2.30. The van der Waals surface area contributed by atoms with Crippen LogP contribution in [0.3, 0.4) is 0 Å². The maximum Gasteiger partial charge on any atom is 0.261 e. The molecule has 7 nitrogen and oxygen atoms in total. The summed E-state index contributed by atoms with van der Waals surface area (Å²) < 4.78 is 40.0. The first kappa shape index (κ1) is 22.7. The number of hydrogen-bond acceptors (Lipinski definition) is 5. The summed E-state index contributed by atoms with van der Waals surface area (Å²) in [4.78, 5) is 13.8. The molecule has 1 saturated carbocycles. The molecule has 10 heteroatoms. The Labute approximate surface area is 190 Å². The minimum Gasteiger partial charge on any atom is -0.388 e. The van der Waals surface area contributed by atoms with Crippen molar-refractivity contribution < 1.29 is 22.2 Å². The molecule has 1 aliphatic heterocycles. The lowest BCUT2D eigenvalue weighted by Crippen LogP contribution is -2.31. The lowest BCUT2D eigenvalue weighted by atomic mass is 9.81. The number of benzene rings is 2. The van der Waals surface area contributed by atoms with Gasteiger partial charge in [0.15, 0.2) is 5.82 Å². The molecule has 0 unspecified atom stereocenters. The Morgan fingerprint density at radius 1 is 1.19 bits per heavy atom. The second kappa shape index (κ2) is 8.80. The van der Waals surface area contributed by atoms with E-state index in [0.717, 1.165) is 30.5 Å². The Morgan fingerprint density at radius 2 is 1.88 bits per heavy atom. The molecule has 0 bridgehead atoms. The largest absolute Gasteiger partial charge is 0.388 e. The Hall–Kier alpha value is -2.49. The number of nitrogens with one attached hydrogen (secondary N) is 1. The van der Waals surface area contributed by atoms with Gasteiger partial charge in [-0.05, 0) is 49.4 Å². The number of aromatic amines is 1. The number of nitrogens with zero attached hydrogens (tertiary/aromatic N) is 2. The van der Waals surface area contributed by atoms with E-state index in [9.17, 15) is 12.8 Å². The van der Waals surface area contributed by atoms with Crippen LogP contribution >= 0.6 is 11.6 Å². The second-order valence-electron chi connectivity index (χ2n) is 8.20. The Morgan fingerprint density at radius 3 is 2.56 bits per heavy atom. The second-order valence-corrected chi connectivity index (χ2v) is 10.1. The number of aromatic nitrogens is 2. The zero-order valence-electron chi connectivity index (χ0n) is 17.4. The quantitative estimate of drug-likeness (QED) is 0.482. The fourth-order valence-corrected chi connectivity index (χ4v) is 4.44. The van der Waals surface area contributed by atoms with Gasteiger partial charge in [-0.2, -0.15) is 8.42 Å². The minimum absolute atomic E-state index is 0.158. The SMILES string of the molecule is CS(=O)(=O)O.Fc1ccccc1-c1cc(Cl)c2nc(C3=NOC4(CCCCC4)C3)[nH]c2c1. The van der Waals surface area contributed by atoms with Crippen molar-refractivity contribution in [2.75, 3.05) is 6.26 Å². The molecule has 2 N–H and O–H groups in total. The van der Waals surface area contributed by atoms with Crippen molar-refractivity contribution in [3.8, 4) is 11.1 Å². The van der Waals surface area contributed by atoms with Crippen molar-refractivity contribution in [2.45, 2.75) is 44.1 Å². The van der Waals surface area contributed by atoms with E-state index in [1.165, 1.54) is 25.3 Å². The summed E-state index contributed by atoms with van der Waals surface area (Å²) in [5, 5.41) is 4.81. The van der Waals surface area contributed by atoms with Crippen molar-refractivity contribution in [1.82, 2.24) is 9.97 Å². The van der Waals surface area contributed by atoms with Gasteiger partial charge in [-0.3, -0.25) is 4.55 Å². The van der Waals surface area contributed by atoms with Gasteiger partial charge in [-0.15, -0.1) is 0 Å². The number of rotatable bonds is 2. The van der Waals surface area contributed by atoms with Crippen LogP contribution in [0.5, 0.6) is 0 Å². The van der Waals surface area contributed by atoms with Crippen molar-refractivity contribution in [3.05, 3.63) is 53.1 Å². The molecule has 3 aromatic rings. The molecule has 1 aliphatic carbocycles. The lowest BCUT2D eigenvalue weighted by molar-refractivity contribution is -0.0449. The Kier molecular flexibility index (Phi) is 6.24. The number of hydrogen-bond donors (Lipinski definition) is 2. The zero-order chi connectivity index (χ0) is 22.9. The highest BCUT2D eigenvalue weighted by Gasteiger charge is 2.41. The Balaban J connectivity index is 0.000000444. The van der Waals surface area contributed by atoms with E-state index in [4.69, 9.17) is 21.0 Å². The highest BCUT2D eigenvalue weighted by Crippen LogP contribution is 2.39. The van der Waals surface area contributed by atoms with Crippen LogP contribution in [0.15, 0.2) is 41.6 Å². The molecule has 2 aromatic carbocycles. The molecule has 170 valence electrons. The average molecular weight is 480 g/mol. The molecular formula is C22H23ClFN3O4S. The van der Waals surface area contributed by atoms with Gasteiger partial charge in [0.25, 0.3) is 10.1 Å². The maximum absolute atomic E-state index is 14.2. The third kappa shape index (κ3) is 5.11. The molecule has 1 fully saturated rings. The summed E-state index contributed by atoms with van der Waals surface area (Å²) in [6.07, 6.45) is 7.19. The van der Waals surface area contributed by atoms with Crippen LogP contribution < -0.4 is 0 Å². The fourth-order valence-electron chi connectivity index (χ4n) is 4.18. The van der Waals surface area contributed by atoms with Crippen LogP contribution in [0.4, 0.5) is 4.39 Å². The van der Waals surface area contributed by atoms with Crippen molar-refractivity contribution in [2.24, 2.45) is 5.16 Å². The predicted octanol–water partition coefficient (Wildman–Crippen LogP) is 5.35. The molecule has 1 spiro atoms. The van der Waals surface area contributed by atoms with Crippen LogP contribution in [0, 0.1) is 5.82 Å². The van der Waals surface area contributed by atoms with Gasteiger partial charge in [-0.25, -0.2) is 9.37 Å². The van der Waals surface area contributed by atoms with Crippen molar-refractivity contribution in [1.29, 1.82) is 0 Å². The molecule has 2 aliphatic rings. The molecule has 0 radical (unpaired) electrons. The maximum atomic E-state index is 14.2. The highest BCUT2D eigenvalue weighted by atomic mass is 35.5. The molecule has 0 atom stereocenters. The summed E-state index contributed by atoms with van der Waals surface area (Å²) in [6.45, 7) is 0. The van der Waals surface area contributed by atoms with E-state index >= 15 is 0 Å². The number of halogens is 2. The van der Waals surface area contributed by atoms with Gasteiger partial charge in [0, 0.05) is 12.0 Å². The summed E-state index contributed by atoms with van der Waals surface area (Å²) in [6, 6.07) is 10.3. The molecule has 0 amide bonds. The summed E-state index contributed by atoms with van der Waals surface area (Å²) in [5.74, 6) is 0.403. The Bertz CT molecular complexity index is 1280. The van der Waals surface area contributed by atoms with E-state index in [1.807, 2.05) is 12.1 Å². The molecular weight excluding hydrogens is 457 g/mol. The van der Waals surface area contributed by atoms with Gasteiger partial charge < -0.3 is 9.82 Å². The number of oxime groups is 1. The number of fused-ring (bicyclic) bond motifs is 1. The van der Waals surface area contributed by atoms with Crippen LogP contribution in [0.2, 0.25) is 5.02 Å². The predicted molar refractivity (Wildman–Crippen MR) is 122 cm³/mol. The van der Waals surface area contributed by atoms with Gasteiger partial charge in [0.2, 0.25) is 0 Å². The minimum atomic E-state index is -3.67. The first-order valence-electron chi connectivity index (χ1n) is 10.3. The molecule has 0 saturated heterocycles. The van der Waals surface area contributed by atoms with Crippen LogP contribution in [0.25, 0.3) is 22.2 Å². The monoisotopic (exact) mass is 479 g/mol. The first-order valence-corrected chi connectivity index (χ1v) is 12.5. The van der Waals surface area contributed by atoms with Crippen molar-refractivity contribution >= 4 is 38.5 Å². The zero-order valence-corrected chi connectivity index (χ0v) is 19.0. The molecule has 1 aromatic heterocycles. The van der Waals surface area contributed by atoms with Crippen LogP contribution in [0.1, 0.15) is 44.3 Å².